The number of aromatic nitrogens is 2. The molecule has 1 aromatic heterocycles. The highest BCUT2D eigenvalue weighted by Crippen LogP contribution is 2.40. The van der Waals surface area contributed by atoms with Crippen LogP contribution in [0.3, 0.4) is 0 Å². The number of hydrogen-bond acceptors (Lipinski definition) is 5. The Hall–Kier alpha value is -1.72. The van der Waals surface area contributed by atoms with Gasteiger partial charge in [-0.2, -0.15) is 0 Å². The molecule has 0 radical (unpaired) electrons. The van der Waals surface area contributed by atoms with Crippen LogP contribution < -0.4 is 5.32 Å². The molecule has 2 N–H and O–H groups in total. The Kier molecular flexibility index (Phi) is 3.31. The number of rotatable bonds is 4. The van der Waals surface area contributed by atoms with E-state index in [4.69, 9.17) is 4.42 Å². The third kappa shape index (κ3) is 2.34. The zero-order valence-electron chi connectivity index (χ0n) is 11.7. The second-order valence-electron chi connectivity index (χ2n) is 5.87. The predicted molar refractivity (Wildman–Crippen MR) is 74.8 cm³/mol. The molecular formula is C15H19N3O2. The van der Waals surface area contributed by atoms with Crippen molar-refractivity contribution in [1.82, 2.24) is 15.5 Å². The van der Waals surface area contributed by atoms with Gasteiger partial charge in [-0.3, -0.25) is 0 Å². The van der Waals surface area contributed by atoms with Gasteiger partial charge in [-0.25, -0.2) is 0 Å². The first-order valence-corrected chi connectivity index (χ1v) is 6.86. The van der Waals surface area contributed by atoms with Gasteiger partial charge in [0.15, 0.2) is 0 Å². The van der Waals surface area contributed by atoms with Crippen molar-refractivity contribution in [3.63, 3.8) is 0 Å². The molecule has 0 spiro atoms. The molecule has 0 amide bonds. The summed E-state index contributed by atoms with van der Waals surface area (Å²) in [6.07, 6.45) is 0.537. The predicted octanol–water partition coefficient (Wildman–Crippen LogP) is 1.99. The Morgan fingerprint density at radius 3 is 2.70 bits per heavy atom. The van der Waals surface area contributed by atoms with Gasteiger partial charge < -0.3 is 14.8 Å². The van der Waals surface area contributed by atoms with Gasteiger partial charge in [0.2, 0.25) is 11.8 Å². The van der Waals surface area contributed by atoms with E-state index < -0.39 is 0 Å². The Bertz CT molecular complexity index is 580. The zero-order chi connectivity index (χ0) is 14.2. The number of benzene rings is 1. The second kappa shape index (κ2) is 5.00. The molecule has 5 nitrogen and oxygen atoms in total. The van der Waals surface area contributed by atoms with Gasteiger partial charge in [0.05, 0.1) is 12.6 Å². The van der Waals surface area contributed by atoms with Gasteiger partial charge in [-0.1, -0.05) is 32.0 Å². The van der Waals surface area contributed by atoms with E-state index in [-0.39, 0.29) is 17.6 Å². The SMILES string of the molecule is CC1(C)C(O)CC1NCc1nnc(-c2ccccc2)o1. The van der Waals surface area contributed by atoms with E-state index in [1.807, 2.05) is 30.3 Å². The van der Waals surface area contributed by atoms with Crippen molar-refractivity contribution >= 4 is 0 Å². The number of nitrogens with zero attached hydrogens (tertiary/aromatic N) is 2. The highest BCUT2D eigenvalue weighted by Gasteiger charge is 2.46. The average Bonchev–Trinajstić information content (AvgIpc) is 2.93. The Morgan fingerprint density at radius 2 is 2.05 bits per heavy atom. The minimum Gasteiger partial charge on any atom is -0.419 e. The third-order valence-electron chi connectivity index (χ3n) is 4.20. The maximum atomic E-state index is 9.70. The van der Waals surface area contributed by atoms with Crippen molar-refractivity contribution in [3.8, 4) is 11.5 Å². The number of hydrogen-bond donors (Lipinski definition) is 2. The summed E-state index contributed by atoms with van der Waals surface area (Å²) in [7, 11) is 0. The summed E-state index contributed by atoms with van der Waals surface area (Å²) in [4.78, 5) is 0. The van der Waals surface area contributed by atoms with Crippen molar-refractivity contribution in [2.24, 2.45) is 5.41 Å². The summed E-state index contributed by atoms with van der Waals surface area (Å²) >= 11 is 0. The van der Waals surface area contributed by atoms with E-state index in [2.05, 4.69) is 29.4 Å². The Balaban J connectivity index is 1.61. The first-order valence-electron chi connectivity index (χ1n) is 6.86. The van der Waals surface area contributed by atoms with Gasteiger partial charge in [0.25, 0.3) is 0 Å². The minimum absolute atomic E-state index is 0.0950. The molecule has 1 heterocycles. The fourth-order valence-electron chi connectivity index (χ4n) is 2.48. The highest BCUT2D eigenvalue weighted by atomic mass is 16.4. The number of aliphatic hydroxyl groups is 1. The van der Waals surface area contributed by atoms with Crippen LogP contribution in [0.4, 0.5) is 0 Å². The second-order valence-corrected chi connectivity index (χ2v) is 5.87. The number of nitrogens with one attached hydrogen (secondary N) is 1. The maximum absolute atomic E-state index is 9.70. The fraction of sp³-hybridized carbons (Fsp3) is 0.467. The molecule has 5 heteroatoms. The molecule has 1 aromatic carbocycles. The lowest BCUT2D eigenvalue weighted by Crippen LogP contribution is -2.59. The summed E-state index contributed by atoms with van der Waals surface area (Å²) in [6, 6.07) is 9.99. The summed E-state index contributed by atoms with van der Waals surface area (Å²) in [5.41, 5.74) is 0.827. The molecule has 0 bridgehead atoms. The third-order valence-corrected chi connectivity index (χ3v) is 4.20. The van der Waals surface area contributed by atoms with Crippen molar-refractivity contribution in [1.29, 1.82) is 0 Å². The van der Waals surface area contributed by atoms with E-state index in [0.29, 0.717) is 18.3 Å². The average molecular weight is 273 g/mol. The smallest absolute Gasteiger partial charge is 0.247 e. The lowest BCUT2D eigenvalue weighted by atomic mass is 9.64. The van der Waals surface area contributed by atoms with Gasteiger partial charge in [-0.15, -0.1) is 10.2 Å². The van der Waals surface area contributed by atoms with Crippen LogP contribution >= 0.6 is 0 Å². The first kappa shape index (κ1) is 13.3. The summed E-state index contributed by atoms with van der Waals surface area (Å²) < 4.78 is 5.64. The largest absolute Gasteiger partial charge is 0.419 e. The van der Waals surface area contributed by atoms with Crippen LogP contribution in [0.5, 0.6) is 0 Å². The normalized spacial score (nSPS) is 24.4. The summed E-state index contributed by atoms with van der Waals surface area (Å²) in [6.45, 7) is 4.64. The van der Waals surface area contributed by atoms with Gasteiger partial charge in [0, 0.05) is 17.0 Å². The van der Waals surface area contributed by atoms with Crippen molar-refractivity contribution in [3.05, 3.63) is 36.2 Å². The molecule has 2 unspecified atom stereocenters. The molecule has 2 atom stereocenters. The van der Waals surface area contributed by atoms with Crippen LogP contribution in [-0.2, 0) is 6.54 Å². The Labute approximate surface area is 118 Å². The molecule has 1 fully saturated rings. The first-order chi connectivity index (χ1) is 9.57. The molecule has 1 saturated carbocycles. The van der Waals surface area contributed by atoms with Gasteiger partial charge in [-0.05, 0) is 18.6 Å². The molecule has 0 saturated heterocycles. The maximum Gasteiger partial charge on any atom is 0.247 e. The number of aliphatic hydroxyl groups excluding tert-OH is 1. The summed E-state index contributed by atoms with van der Waals surface area (Å²) in [5, 5.41) is 21.2. The minimum atomic E-state index is -0.234. The highest BCUT2D eigenvalue weighted by molar-refractivity contribution is 5.51. The van der Waals surface area contributed by atoms with E-state index in [9.17, 15) is 5.11 Å². The molecule has 1 aliphatic rings. The zero-order valence-corrected chi connectivity index (χ0v) is 11.7. The van der Waals surface area contributed by atoms with Crippen molar-refractivity contribution in [2.45, 2.75) is 39.0 Å². The van der Waals surface area contributed by atoms with Crippen LogP contribution in [-0.4, -0.2) is 27.4 Å². The molecule has 1 aliphatic carbocycles. The van der Waals surface area contributed by atoms with Crippen LogP contribution in [0.25, 0.3) is 11.5 Å². The van der Waals surface area contributed by atoms with E-state index >= 15 is 0 Å². The lowest BCUT2D eigenvalue weighted by Gasteiger charge is -2.49. The summed E-state index contributed by atoms with van der Waals surface area (Å²) in [5.74, 6) is 1.11. The van der Waals surface area contributed by atoms with Crippen molar-refractivity contribution in [2.75, 3.05) is 0 Å². The monoisotopic (exact) mass is 273 g/mol. The van der Waals surface area contributed by atoms with Crippen LogP contribution in [0, 0.1) is 5.41 Å². The molecule has 106 valence electrons. The quantitative estimate of drug-likeness (QED) is 0.891. The Morgan fingerprint density at radius 1 is 1.30 bits per heavy atom. The van der Waals surface area contributed by atoms with Crippen LogP contribution in [0.15, 0.2) is 34.7 Å². The van der Waals surface area contributed by atoms with Gasteiger partial charge >= 0.3 is 0 Å². The van der Waals surface area contributed by atoms with Crippen molar-refractivity contribution < 1.29 is 9.52 Å². The molecular weight excluding hydrogens is 254 g/mol. The standard InChI is InChI=1S/C15H19N3O2/c1-15(2)11(8-12(15)19)16-9-13-17-18-14(20-13)10-6-4-3-5-7-10/h3-7,11-12,16,19H,8-9H2,1-2H3. The lowest BCUT2D eigenvalue weighted by molar-refractivity contribution is -0.0735. The molecule has 3 rings (SSSR count). The van der Waals surface area contributed by atoms with E-state index in [0.717, 1.165) is 12.0 Å². The topological polar surface area (TPSA) is 71.2 Å². The van der Waals surface area contributed by atoms with E-state index in [1.54, 1.807) is 0 Å². The van der Waals surface area contributed by atoms with Crippen LogP contribution in [0.2, 0.25) is 0 Å². The fourth-order valence-corrected chi connectivity index (χ4v) is 2.48. The molecule has 2 aromatic rings. The van der Waals surface area contributed by atoms with Crippen LogP contribution in [0.1, 0.15) is 26.2 Å². The van der Waals surface area contributed by atoms with E-state index in [1.165, 1.54) is 0 Å². The molecule has 0 aliphatic heterocycles. The van der Waals surface area contributed by atoms with Gasteiger partial charge in [0.1, 0.15) is 0 Å². The molecule has 20 heavy (non-hydrogen) atoms.